The number of benzene rings is 2. The summed E-state index contributed by atoms with van der Waals surface area (Å²) in [6, 6.07) is 17.2. The average molecular weight is 454 g/mol. The number of anilines is 1. The number of Topliss-reactive ketones (excluding diaryl/α,β-unsaturated/α-hetero) is 1. The molecule has 0 bridgehead atoms. The first-order valence-corrected chi connectivity index (χ1v) is 11.7. The summed E-state index contributed by atoms with van der Waals surface area (Å²) in [6.45, 7) is 0. The van der Waals surface area contributed by atoms with E-state index in [0.29, 0.717) is 36.1 Å². The second kappa shape index (κ2) is 9.87. The quantitative estimate of drug-likeness (QED) is 0.345. The summed E-state index contributed by atoms with van der Waals surface area (Å²) in [5.74, 6) is 1.19. The van der Waals surface area contributed by atoms with Crippen LogP contribution in [0.2, 0.25) is 0 Å². The van der Waals surface area contributed by atoms with Crippen LogP contribution in [0.4, 0.5) is 5.95 Å². The van der Waals surface area contributed by atoms with Crippen molar-refractivity contribution >= 4 is 17.6 Å². The van der Waals surface area contributed by atoms with Crippen LogP contribution in [-0.2, 0) is 11.2 Å². The van der Waals surface area contributed by atoms with Crippen LogP contribution in [0.5, 0.6) is 0 Å². The van der Waals surface area contributed by atoms with Crippen molar-refractivity contribution in [1.29, 1.82) is 0 Å². The van der Waals surface area contributed by atoms with Gasteiger partial charge >= 0.3 is 0 Å². The van der Waals surface area contributed by atoms with Gasteiger partial charge in [0.1, 0.15) is 5.78 Å². The number of hydrogen-bond acceptors (Lipinski definition) is 4. The molecule has 2 aromatic carbocycles. The number of carbonyl (C=O) groups is 2. The summed E-state index contributed by atoms with van der Waals surface area (Å²) in [7, 11) is 0. The normalized spacial score (nSPS) is 13.1. The number of aryl methyl sites for hydroxylation is 1. The van der Waals surface area contributed by atoms with Crippen molar-refractivity contribution in [3.63, 3.8) is 0 Å². The lowest BCUT2D eigenvalue weighted by atomic mass is 10.1. The van der Waals surface area contributed by atoms with Gasteiger partial charge in [0.25, 0.3) is 5.91 Å². The van der Waals surface area contributed by atoms with Crippen LogP contribution in [-0.4, -0.2) is 31.4 Å². The van der Waals surface area contributed by atoms with Gasteiger partial charge in [0.05, 0.1) is 11.9 Å². The minimum atomic E-state index is -0.237. The van der Waals surface area contributed by atoms with Crippen molar-refractivity contribution in [2.75, 3.05) is 5.32 Å². The minimum Gasteiger partial charge on any atom is -0.300 e. The first-order valence-electron chi connectivity index (χ1n) is 11.7. The Kier molecular flexibility index (Phi) is 6.33. The number of nitrogens with one attached hydrogen (secondary N) is 2. The van der Waals surface area contributed by atoms with E-state index in [2.05, 4.69) is 15.5 Å². The van der Waals surface area contributed by atoms with Crippen molar-refractivity contribution in [2.24, 2.45) is 5.92 Å². The highest BCUT2D eigenvalue weighted by molar-refractivity contribution is 6.04. The molecule has 1 saturated carbocycles. The topological polar surface area (TPSA) is 92.7 Å². The van der Waals surface area contributed by atoms with Crippen molar-refractivity contribution in [3.05, 3.63) is 84.4 Å². The van der Waals surface area contributed by atoms with E-state index in [1.165, 1.54) is 12.8 Å². The van der Waals surface area contributed by atoms with Gasteiger partial charge < -0.3 is 0 Å². The van der Waals surface area contributed by atoms with E-state index in [1.54, 1.807) is 18.5 Å². The zero-order valence-corrected chi connectivity index (χ0v) is 18.9. The molecule has 4 aromatic rings. The zero-order chi connectivity index (χ0) is 23.3. The van der Waals surface area contributed by atoms with E-state index in [0.717, 1.165) is 35.3 Å². The molecule has 0 atom stereocenters. The minimum absolute atomic E-state index is 0.237. The standard InChI is InChI=1S/C27H27N5O2/c33-25(14-19-12-13-19)11-5-8-23-18-32(24-9-2-1-3-10-24)27(30-23)31-26(34)21-7-4-6-20(15-21)22-16-28-29-17-22/h1-4,6-7,9-10,15-19H,5,8,11-14H2,(H,28,29)(H,30,31,34). The Morgan fingerprint density at radius 2 is 1.91 bits per heavy atom. The third-order valence-electron chi connectivity index (χ3n) is 6.07. The molecule has 0 spiro atoms. The van der Waals surface area contributed by atoms with Crippen LogP contribution in [0.3, 0.4) is 0 Å². The fourth-order valence-corrected chi connectivity index (χ4v) is 4.06. The molecule has 0 saturated heterocycles. The van der Waals surface area contributed by atoms with Gasteiger partial charge in [-0.1, -0.05) is 30.3 Å². The fraction of sp³-hybridized carbons (Fsp3) is 0.259. The Hall–Kier alpha value is -4.00. The molecule has 2 N–H and O–H groups in total. The van der Waals surface area contributed by atoms with Gasteiger partial charge in [-0.2, -0.15) is 5.10 Å². The maximum atomic E-state index is 13.1. The second-order valence-electron chi connectivity index (χ2n) is 8.82. The number of rotatable bonds is 10. The largest absolute Gasteiger partial charge is 0.300 e. The molecule has 5 rings (SSSR count). The molecule has 0 aliphatic heterocycles. The van der Waals surface area contributed by atoms with E-state index >= 15 is 0 Å². The molecule has 1 amide bonds. The maximum absolute atomic E-state index is 13.1. The summed E-state index contributed by atoms with van der Waals surface area (Å²) in [5, 5.41) is 9.75. The van der Waals surface area contributed by atoms with Crippen LogP contribution in [0.15, 0.2) is 73.2 Å². The van der Waals surface area contributed by atoms with Crippen molar-refractivity contribution in [1.82, 2.24) is 19.7 Å². The number of hydrogen-bond donors (Lipinski definition) is 2. The molecular formula is C27H27N5O2. The average Bonchev–Trinajstić information content (AvgIpc) is 3.33. The van der Waals surface area contributed by atoms with E-state index in [9.17, 15) is 9.59 Å². The number of amides is 1. The second-order valence-corrected chi connectivity index (χ2v) is 8.82. The van der Waals surface area contributed by atoms with E-state index in [4.69, 9.17) is 4.98 Å². The monoisotopic (exact) mass is 453 g/mol. The lowest BCUT2D eigenvalue weighted by Gasteiger charge is -2.09. The number of para-hydroxylation sites is 1. The van der Waals surface area contributed by atoms with Crippen molar-refractivity contribution in [2.45, 2.75) is 38.5 Å². The number of aromatic nitrogens is 4. The molecular weight excluding hydrogens is 426 g/mol. The molecule has 2 aromatic heterocycles. The third-order valence-corrected chi connectivity index (χ3v) is 6.07. The Balaban J connectivity index is 1.33. The molecule has 0 radical (unpaired) electrons. The molecule has 7 nitrogen and oxygen atoms in total. The number of carbonyl (C=O) groups excluding carboxylic acids is 2. The lowest BCUT2D eigenvalue weighted by molar-refractivity contribution is -0.119. The van der Waals surface area contributed by atoms with Gasteiger partial charge in [0.15, 0.2) is 0 Å². The van der Waals surface area contributed by atoms with E-state index in [-0.39, 0.29) is 5.91 Å². The number of ketones is 1. The summed E-state index contributed by atoms with van der Waals surface area (Å²) < 4.78 is 1.89. The van der Waals surface area contributed by atoms with Gasteiger partial charge in [-0.15, -0.1) is 0 Å². The summed E-state index contributed by atoms with van der Waals surface area (Å²) in [4.78, 5) is 29.9. The number of imidazole rings is 1. The first kappa shape index (κ1) is 21.8. The molecule has 1 fully saturated rings. The van der Waals surface area contributed by atoms with Gasteiger partial charge in [0, 0.05) is 42.0 Å². The van der Waals surface area contributed by atoms with Gasteiger partial charge in [0.2, 0.25) is 5.95 Å². The highest BCUT2D eigenvalue weighted by atomic mass is 16.1. The Morgan fingerprint density at radius 3 is 2.68 bits per heavy atom. The molecule has 0 unspecified atom stereocenters. The molecule has 172 valence electrons. The number of H-pyrrole nitrogens is 1. The Morgan fingerprint density at radius 1 is 1.06 bits per heavy atom. The van der Waals surface area contributed by atoms with Gasteiger partial charge in [-0.05, 0) is 61.4 Å². The van der Waals surface area contributed by atoms with Crippen LogP contribution in [0.25, 0.3) is 16.8 Å². The Labute approximate surface area is 198 Å². The fourth-order valence-electron chi connectivity index (χ4n) is 4.06. The summed E-state index contributed by atoms with van der Waals surface area (Å²) in [5.41, 5.74) is 4.12. The predicted molar refractivity (Wildman–Crippen MR) is 131 cm³/mol. The van der Waals surface area contributed by atoms with Crippen molar-refractivity contribution < 1.29 is 9.59 Å². The van der Waals surface area contributed by atoms with Crippen LogP contribution < -0.4 is 5.32 Å². The van der Waals surface area contributed by atoms with Gasteiger partial charge in [-0.25, -0.2) is 4.98 Å². The Bertz CT molecular complexity index is 1270. The number of aromatic amines is 1. The van der Waals surface area contributed by atoms with E-state index in [1.807, 2.05) is 59.3 Å². The van der Waals surface area contributed by atoms with Crippen LogP contribution in [0, 0.1) is 5.92 Å². The first-order chi connectivity index (χ1) is 16.7. The maximum Gasteiger partial charge on any atom is 0.258 e. The lowest BCUT2D eigenvalue weighted by Crippen LogP contribution is -2.15. The van der Waals surface area contributed by atoms with E-state index < -0.39 is 0 Å². The molecule has 7 heteroatoms. The molecule has 1 aliphatic carbocycles. The predicted octanol–water partition coefficient (Wildman–Crippen LogP) is 5.21. The third kappa shape index (κ3) is 5.31. The molecule has 34 heavy (non-hydrogen) atoms. The molecule has 2 heterocycles. The highest BCUT2D eigenvalue weighted by Gasteiger charge is 2.24. The summed E-state index contributed by atoms with van der Waals surface area (Å²) in [6.07, 6.45) is 10.6. The molecule has 1 aliphatic rings. The summed E-state index contributed by atoms with van der Waals surface area (Å²) >= 11 is 0. The smallest absolute Gasteiger partial charge is 0.258 e. The zero-order valence-electron chi connectivity index (χ0n) is 18.9. The van der Waals surface area contributed by atoms with Crippen molar-refractivity contribution in [3.8, 4) is 16.8 Å². The SMILES string of the molecule is O=C(CCCc1cn(-c2ccccc2)c(NC(=O)c2cccc(-c3cn[nH]c3)c2)n1)CC1CC1. The number of nitrogens with zero attached hydrogens (tertiary/aromatic N) is 3. The van der Waals surface area contributed by atoms with Crippen LogP contribution in [0.1, 0.15) is 48.2 Å². The highest BCUT2D eigenvalue weighted by Crippen LogP contribution is 2.33. The van der Waals surface area contributed by atoms with Crippen LogP contribution >= 0.6 is 0 Å². The van der Waals surface area contributed by atoms with Gasteiger partial charge in [-0.3, -0.25) is 24.6 Å².